The molecule has 2 unspecified atom stereocenters. The monoisotopic (exact) mass is 479 g/mol. The first-order valence-electron chi connectivity index (χ1n) is 11.7. The van der Waals surface area contributed by atoms with Gasteiger partial charge in [0, 0.05) is 22.4 Å². The van der Waals surface area contributed by atoms with E-state index in [1.165, 1.54) is 0 Å². The van der Waals surface area contributed by atoms with E-state index in [-0.39, 0.29) is 38.4 Å². The van der Waals surface area contributed by atoms with Crippen molar-refractivity contribution in [2.45, 2.75) is 59.2 Å². The van der Waals surface area contributed by atoms with Gasteiger partial charge in [-0.3, -0.25) is 9.59 Å². The second-order valence-corrected chi connectivity index (χ2v) is 10.2. The summed E-state index contributed by atoms with van der Waals surface area (Å²) in [4.78, 5) is 45.9. The fourth-order valence-electron chi connectivity index (χ4n) is 5.09. The van der Waals surface area contributed by atoms with Crippen molar-refractivity contribution >= 4 is 34.4 Å². The highest BCUT2D eigenvalue weighted by molar-refractivity contribution is 5.97. The molecular formula is C27H33N3O5. The number of fused-ring (bicyclic) bond motifs is 5. The summed E-state index contributed by atoms with van der Waals surface area (Å²) >= 11 is 0. The number of nitrogens with zero attached hydrogens (tertiary/aromatic N) is 2. The fourth-order valence-corrected chi connectivity index (χ4v) is 5.09. The highest BCUT2D eigenvalue weighted by Crippen LogP contribution is 2.47. The van der Waals surface area contributed by atoms with Crippen molar-refractivity contribution in [1.82, 2.24) is 15.2 Å². The summed E-state index contributed by atoms with van der Waals surface area (Å²) < 4.78 is 11.3. The number of carbonyl (C=O) groups is 3. The predicted octanol–water partition coefficient (Wildman–Crippen LogP) is 3.44. The van der Waals surface area contributed by atoms with Crippen LogP contribution in [0.4, 0.5) is 0 Å². The summed E-state index contributed by atoms with van der Waals surface area (Å²) in [5.74, 6) is -2.55. The lowest BCUT2D eigenvalue weighted by Crippen LogP contribution is -2.61. The van der Waals surface area contributed by atoms with E-state index >= 15 is 0 Å². The van der Waals surface area contributed by atoms with E-state index in [0.29, 0.717) is 12.2 Å². The zero-order valence-corrected chi connectivity index (χ0v) is 19.9. The van der Waals surface area contributed by atoms with Crippen molar-refractivity contribution in [2.24, 2.45) is 11.8 Å². The second-order valence-electron chi connectivity index (χ2n) is 10.2. The molecule has 0 saturated carbocycles. The van der Waals surface area contributed by atoms with Gasteiger partial charge in [0.15, 0.2) is 0 Å². The minimum Gasteiger partial charge on any atom is -0.462 e. The molecule has 0 bridgehead atoms. The lowest BCUT2D eigenvalue weighted by atomic mass is 9.72. The van der Waals surface area contributed by atoms with E-state index in [2.05, 4.69) is 11.4 Å². The molecule has 2 aromatic rings. The van der Waals surface area contributed by atoms with Crippen molar-refractivity contribution in [2.75, 3.05) is 13.2 Å². The highest BCUT2D eigenvalue weighted by Gasteiger charge is 2.59. The Hall–Kier alpha value is -3.26. The molecule has 8 nitrogen and oxygen atoms in total. The number of nitrogens with one attached hydrogen (secondary N) is 1. The summed E-state index contributed by atoms with van der Waals surface area (Å²) in [5.41, 5.74) is 1.34. The van der Waals surface area contributed by atoms with E-state index in [4.69, 9.17) is 14.5 Å². The van der Waals surface area contributed by atoms with Crippen LogP contribution in [0.2, 0.25) is 0 Å². The van der Waals surface area contributed by atoms with Gasteiger partial charge in [-0.1, -0.05) is 32.5 Å². The van der Waals surface area contributed by atoms with Gasteiger partial charge in [0.2, 0.25) is 11.5 Å². The van der Waals surface area contributed by atoms with Crippen LogP contribution in [0.5, 0.6) is 0 Å². The van der Waals surface area contributed by atoms with E-state index in [1.54, 1.807) is 11.8 Å². The minimum atomic E-state index is -1.56. The van der Waals surface area contributed by atoms with Crippen LogP contribution in [0.3, 0.4) is 0 Å². The largest absolute Gasteiger partial charge is 0.462 e. The lowest BCUT2D eigenvalue weighted by molar-refractivity contribution is -0.204. The van der Waals surface area contributed by atoms with Crippen LogP contribution in [0.25, 0.3) is 16.6 Å². The maximum atomic E-state index is 13.6. The molecule has 0 radical (unpaired) electrons. The first-order chi connectivity index (χ1) is 16.1. The summed E-state index contributed by atoms with van der Waals surface area (Å²) in [5, 5.41) is 4.10. The predicted molar refractivity (Wildman–Crippen MR) is 132 cm³/mol. The Morgan fingerprint density at radius 1 is 1.29 bits per heavy atom. The number of amides is 1. The average molecular weight is 480 g/mol. The van der Waals surface area contributed by atoms with Crippen molar-refractivity contribution < 1.29 is 23.9 Å². The molecule has 186 valence electrons. The number of ether oxygens (including phenoxy) is 2. The third-order valence-electron chi connectivity index (χ3n) is 6.88. The average Bonchev–Trinajstić information content (AvgIpc) is 3.15. The summed E-state index contributed by atoms with van der Waals surface area (Å²) in [6.07, 6.45) is 2.09. The zero-order chi connectivity index (χ0) is 24.3. The molecule has 35 heavy (non-hydrogen) atoms. The topological polar surface area (TPSA) is 97.8 Å². The van der Waals surface area contributed by atoms with Gasteiger partial charge in [-0.05, 0) is 45.4 Å². The van der Waals surface area contributed by atoms with Crippen LogP contribution < -0.4 is 5.32 Å². The lowest BCUT2D eigenvalue weighted by Gasteiger charge is -2.46. The molecular weight excluding hydrogens is 446 g/mol. The number of rotatable bonds is 4. The first-order valence-corrected chi connectivity index (χ1v) is 11.7. The smallest absolute Gasteiger partial charge is 0.351 e. The number of esters is 2. The minimum absolute atomic E-state index is 0. The van der Waals surface area contributed by atoms with E-state index in [9.17, 15) is 14.4 Å². The normalized spacial score (nSPS) is 25.1. The van der Waals surface area contributed by atoms with Gasteiger partial charge in [-0.15, -0.1) is 0 Å². The van der Waals surface area contributed by atoms with Crippen LogP contribution in [0, 0.1) is 11.8 Å². The van der Waals surface area contributed by atoms with E-state index in [1.807, 2.05) is 51.1 Å². The molecule has 1 saturated heterocycles. The van der Waals surface area contributed by atoms with Gasteiger partial charge in [0.1, 0.15) is 6.61 Å². The number of benzene rings is 1. The maximum Gasteiger partial charge on any atom is 0.351 e. The Balaban J connectivity index is 0.00000289. The molecule has 5 rings (SSSR count). The second kappa shape index (κ2) is 8.75. The number of para-hydroxylation sites is 1. The zero-order valence-electron chi connectivity index (χ0n) is 19.9. The first kappa shape index (κ1) is 24.9. The summed E-state index contributed by atoms with van der Waals surface area (Å²) in [7, 11) is 0. The molecule has 1 amide bonds. The molecule has 1 aromatic carbocycles. The van der Waals surface area contributed by atoms with Crippen LogP contribution in [0.1, 0.15) is 52.8 Å². The number of hydrogen-bond donors (Lipinski definition) is 1. The SMILES string of the molecule is C.CC[C@@]1(OC(=O)CNC(C)(C)C)C(=O)OCC2C(=O)N3Cc4cc5ccccc5nc4C3=CC21. The third-order valence-corrected chi connectivity index (χ3v) is 6.88. The van der Waals surface area contributed by atoms with Crippen molar-refractivity contribution in [3.8, 4) is 0 Å². The molecule has 3 atom stereocenters. The van der Waals surface area contributed by atoms with Crippen LogP contribution in [-0.4, -0.2) is 52.0 Å². The van der Waals surface area contributed by atoms with Gasteiger partial charge in [0.25, 0.3) is 0 Å². The number of carbonyl (C=O) groups excluding carboxylic acids is 3. The highest BCUT2D eigenvalue weighted by atomic mass is 16.6. The van der Waals surface area contributed by atoms with Gasteiger partial charge in [-0.25, -0.2) is 9.78 Å². The third kappa shape index (κ3) is 4.10. The van der Waals surface area contributed by atoms with Crippen LogP contribution in [0.15, 0.2) is 36.4 Å². The molecule has 8 heteroatoms. The summed E-state index contributed by atoms with van der Waals surface area (Å²) in [6.45, 7) is 7.92. The molecule has 3 aliphatic rings. The molecule has 3 aliphatic heterocycles. The van der Waals surface area contributed by atoms with Gasteiger partial charge in [-0.2, -0.15) is 0 Å². The molecule has 0 spiro atoms. The van der Waals surface area contributed by atoms with Gasteiger partial charge in [0.05, 0.1) is 35.9 Å². The molecule has 0 aliphatic carbocycles. The Morgan fingerprint density at radius 2 is 2.03 bits per heavy atom. The van der Waals surface area contributed by atoms with E-state index < -0.39 is 29.4 Å². The number of pyridine rings is 1. The van der Waals surface area contributed by atoms with Gasteiger partial charge >= 0.3 is 11.9 Å². The Labute approximate surface area is 205 Å². The van der Waals surface area contributed by atoms with Crippen molar-refractivity contribution in [3.63, 3.8) is 0 Å². The van der Waals surface area contributed by atoms with Gasteiger partial charge < -0.3 is 19.7 Å². The van der Waals surface area contributed by atoms with Crippen LogP contribution >= 0.6 is 0 Å². The standard InChI is InChI=1S/C26H29N3O5.CH4/c1-5-26(34-21(30)12-27-25(2,3)4)18-11-20-22-16(10-15-8-6-7-9-19(15)28-22)13-29(20)23(31)17(18)14-33-24(26)32;/h6-11,17-18,27H,5,12-14H2,1-4H3;1H4/t17?,18?,26-;/m0./s1. The van der Waals surface area contributed by atoms with Crippen LogP contribution in [-0.2, 0) is 30.4 Å². The Kier molecular flexibility index (Phi) is 6.21. The summed E-state index contributed by atoms with van der Waals surface area (Å²) in [6, 6.07) is 9.87. The molecule has 1 N–H and O–H groups in total. The number of hydrogen-bond acceptors (Lipinski definition) is 7. The van der Waals surface area contributed by atoms with Crippen molar-refractivity contribution in [1.29, 1.82) is 0 Å². The fraction of sp³-hybridized carbons (Fsp3) is 0.481. The molecule has 4 heterocycles. The van der Waals surface area contributed by atoms with E-state index in [0.717, 1.165) is 22.2 Å². The number of aromatic nitrogens is 1. The molecule has 1 fully saturated rings. The Bertz CT molecular complexity index is 1230. The quantitative estimate of drug-likeness (QED) is 0.671. The number of cyclic esters (lactones) is 1. The molecule has 1 aromatic heterocycles. The maximum absolute atomic E-state index is 13.6. The van der Waals surface area contributed by atoms with Crippen molar-refractivity contribution in [3.05, 3.63) is 47.7 Å². The Morgan fingerprint density at radius 3 is 2.74 bits per heavy atom.